The summed E-state index contributed by atoms with van der Waals surface area (Å²) < 4.78 is 0. The van der Waals surface area contributed by atoms with E-state index in [2.05, 4.69) is 29.2 Å². The number of fused-ring (bicyclic) bond motifs is 1. The van der Waals surface area contributed by atoms with Gasteiger partial charge in [-0.3, -0.25) is 4.98 Å². The molecule has 2 N–H and O–H groups in total. The number of rotatable bonds is 2. The second kappa shape index (κ2) is 4.03. The van der Waals surface area contributed by atoms with Crippen molar-refractivity contribution in [2.24, 2.45) is 5.73 Å². The zero-order valence-electron chi connectivity index (χ0n) is 7.85. The first-order chi connectivity index (χ1) is 6.90. The Kier molecular flexibility index (Phi) is 2.56. The van der Waals surface area contributed by atoms with Gasteiger partial charge in [-0.2, -0.15) is 0 Å². The number of benzene rings is 1. The van der Waals surface area contributed by atoms with Crippen molar-refractivity contribution >= 4 is 17.0 Å². The summed E-state index contributed by atoms with van der Waals surface area (Å²) in [6, 6.07) is 10.2. The summed E-state index contributed by atoms with van der Waals surface area (Å²) in [6.45, 7) is 0.570. The van der Waals surface area contributed by atoms with Crippen molar-refractivity contribution in [2.45, 2.75) is 0 Å². The van der Waals surface area contributed by atoms with Gasteiger partial charge in [0.25, 0.3) is 0 Å². The van der Waals surface area contributed by atoms with Crippen LogP contribution >= 0.6 is 0 Å². The SMILES string of the molecule is NC/C=C/c1ccc2cccnc2c1. The summed E-state index contributed by atoms with van der Waals surface area (Å²) in [5.74, 6) is 0. The highest BCUT2D eigenvalue weighted by atomic mass is 14.6. The van der Waals surface area contributed by atoms with Crippen LogP contribution in [0.3, 0.4) is 0 Å². The molecule has 2 nitrogen and oxygen atoms in total. The lowest BCUT2D eigenvalue weighted by Crippen LogP contribution is -1.91. The van der Waals surface area contributed by atoms with Crippen LogP contribution in [-0.4, -0.2) is 11.5 Å². The second-order valence-electron chi connectivity index (χ2n) is 3.09. The Morgan fingerprint density at radius 2 is 2.21 bits per heavy atom. The van der Waals surface area contributed by atoms with Gasteiger partial charge >= 0.3 is 0 Å². The standard InChI is InChI=1S/C12H12N2/c13-7-1-3-10-5-6-11-4-2-8-14-12(11)9-10/h1-6,8-9H,7,13H2/b3-1+. The monoisotopic (exact) mass is 184 g/mol. The Hall–Kier alpha value is -1.67. The van der Waals surface area contributed by atoms with Crippen LogP contribution in [0, 0.1) is 0 Å². The van der Waals surface area contributed by atoms with Gasteiger partial charge in [-0.25, -0.2) is 0 Å². The predicted octanol–water partition coefficient (Wildman–Crippen LogP) is 2.21. The van der Waals surface area contributed by atoms with Crippen molar-refractivity contribution in [1.29, 1.82) is 0 Å². The van der Waals surface area contributed by atoms with Gasteiger partial charge in [-0.15, -0.1) is 0 Å². The van der Waals surface area contributed by atoms with Gasteiger partial charge in [0.1, 0.15) is 0 Å². The second-order valence-corrected chi connectivity index (χ2v) is 3.09. The summed E-state index contributed by atoms with van der Waals surface area (Å²) in [5.41, 5.74) is 7.55. The number of aromatic nitrogens is 1. The first-order valence-electron chi connectivity index (χ1n) is 4.61. The predicted molar refractivity (Wildman–Crippen MR) is 59.8 cm³/mol. The van der Waals surface area contributed by atoms with Crippen LogP contribution in [0.25, 0.3) is 17.0 Å². The summed E-state index contributed by atoms with van der Waals surface area (Å²) >= 11 is 0. The van der Waals surface area contributed by atoms with Crippen molar-refractivity contribution in [3.63, 3.8) is 0 Å². The first kappa shape index (κ1) is 8.91. The molecule has 2 aromatic rings. The average molecular weight is 184 g/mol. The van der Waals surface area contributed by atoms with E-state index in [9.17, 15) is 0 Å². The topological polar surface area (TPSA) is 38.9 Å². The van der Waals surface area contributed by atoms with Crippen LogP contribution in [0.1, 0.15) is 5.56 Å². The maximum atomic E-state index is 5.39. The van der Waals surface area contributed by atoms with Crippen LogP contribution < -0.4 is 5.73 Å². The summed E-state index contributed by atoms with van der Waals surface area (Å²) in [7, 11) is 0. The number of nitrogens with two attached hydrogens (primary N) is 1. The average Bonchev–Trinajstić information content (AvgIpc) is 2.26. The van der Waals surface area contributed by atoms with E-state index in [0.29, 0.717) is 6.54 Å². The molecule has 0 aliphatic heterocycles. The summed E-state index contributed by atoms with van der Waals surface area (Å²) in [4.78, 5) is 4.28. The quantitative estimate of drug-likeness (QED) is 0.777. The van der Waals surface area contributed by atoms with E-state index in [4.69, 9.17) is 5.73 Å². The lowest BCUT2D eigenvalue weighted by atomic mass is 10.1. The molecule has 0 saturated heterocycles. The van der Waals surface area contributed by atoms with E-state index in [1.54, 1.807) is 6.20 Å². The van der Waals surface area contributed by atoms with Gasteiger partial charge in [-0.1, -0.05) is 30.4 Å². The van der Waals surface area contributed by atoms with Crippen molar-refractivity contribution < 1.29 is 0 Å². The maximum Gasteiger partial charge on any atom is 0.0707 e. The van der Waals surface area contributed by atoms with Gasteiger partial charge in [0, 0.05) is 18.1 Å². The minimum atomic E-state index is 0.570. The van der Waals surface area contributed by atoms with Crippen LogP contribution in [0.2, 0.25) is 0 Å². The molecule has 1 heterocycles. The van der Waals surface area contributed by atoms with Crippen LogP contribution in [0.5, 0.6) is 0 Å². The van der Waals surface area contributed by atoms with E-state index in [0.717, 1.165) is 16.5 Å². The third-order valence-corrected chi connectivity index (χ3v) is 2.08. The van der Waals surface area contributed by atoms with Crippen molar-refractivity contribution in [1.82, 2.24) is 4.98 Å². The molecule has 0 fully saturated rings. The molecule has 14 heavy (non-hydrogen) atoms. The Labute approximate surface area is 83.1 Å². The fraction of sp³-hybridized carbons (Fsp3) is 0.0833. The Bertz CT molecular complexity index is 461. The number of nitrogens with zero attached hydrogens (tertiary/aromatic N) is 1. The van der Waals surface area contributed by atoms with E-state index < -0.39 is 0 Å². The molecule has 1 aromatic heterocycles. The highest BCUT2D eigenvalue weighted by molar-refractivity contribution is 5.80. The highest BCUT2D eigenvalue weighted by Crippen LogP contribution is 2.13. The van der Waals surface area contributed by atoms with Crippen molar-refractivity contribution in [3.05, 3.63) is 48.2 Å². The molecule has 0 bridgehead atoms. The Morgan fingerprint density at radius 1 is 1.29 bits per heavy atom. The molecule has 1 aromatic carbocycles. The third-order valence-electron chi connectivity index (χ3n) is 2.08. The molecule has 0 unspecified atom stereocenters. The Morgan fingerprint density at radius 3 is 3.07 bits per heavy atom. The largest absolute Gasteiger partial charge is 0.327 e. The van der Waals surface area contributed by atoms with Crippen molar-refractivity contribution in [2.75, 3.05) is 6.54 Å². The molecule has 0 aliphatic rings. The smallest absolute Gasteiger partial charge is 0.0707 e. The summed E-state index contributed by atoms with van der Waals surface area (Å²) in [5, 5.41) is 1.16. The lowest BCUT2D eigenvalue weighted by molar-refractivity contribution is 1.26. The van der Waals surface area contributed by atoms with Crippen molar-refractivity contribution in [3.8, 4) is 0 Å². The van der Waals surface area contributed by atoms with Crippen LogP contribution in [0.15, 0.2) is 42.6 Å². The van der Waals surface area contributed by atoms with E-state index >= 15 is 0 Å². The fourth-order valence-electron chi connectivity index (χ4n) is 1.39. The normalized spacial score (nSPS) is 11.2. The molecule has 0 atom stereocenters. The maximum absolute atomic E-state index is 5.39. The summed E-state index contributed by atoms with van der Waals surface area (Å²) in [6.07, 6.45) is 5.75. The first-order valence-corrected chi connectivity index (χ1v) is 4.61. The van der Waals surface area contributed by atoms with Gasteiger partial charge < -0.3 is 5.73 Å². The molecule has 0 saturated carbocycles. The fourth-order valence-corrected chi connectivity index (χ4v) is 1.39. The number of hydrogen-bond donors (Lipinski definition) is 1. The van der Waals surface area contributed by atoms with Gasteiger partial charge in [-0.05, 0) is 17.7 Å². The van der Waals surface area contributed by atoms with Gasteiger partial charge in [0.15, 0.2) is 0 Å². The van der Waals surface area contributed by atoms with E-state index in [1.165, 1.54) is 0 Å². The number of hydrogen-bond acceptors (Lipinski definition) is 2. The zero-order valence-corrected chi connectivity index (χ0v) is 7.85. The highest BCUT2D eigenvalue weighted by Gasteiger charge is 1.93. The zero-order chi connectivity index (χ0) is 9.80. The van der Waals surface area contributed by atoms with E-state index in [-0.39, 0.29) is 0 Å². The molecule has 2 heteroatoms. The van der Waals surface area contributed by atoms with Gasteiger partial charge in [0.05, 0.1) is 5.52 Å². The molecule has 0 aliphatic carbocycles. The number of pyridine rings is 1. The van der Waals surface area contributed by atoms with E-state index in [1.807, 2.05) is 18.2 Å². The lowest BCUT2D eigenvalue weighted by Gasteiger charge is -1.97. The minimum Gasteiger partial charge on any atom is -0.327 e. The molecule has 0 amide bonds. The minimum absolute atomic E-state index is 0.570. The Balaban J connectivity index is 2.46. The van der Waals surface area contributed by atoms with Crippen LogP contribution in [-0.2, 0) is 0 Å². The molecular formula is C12H12N2. The molecule has 2 rings (SSSR count). The van der Waals surface area contributed by atoms with Gasteiger partial charge in [0.2, 0.25) is 0 Å². The molecular weight excluding hydrogens is 172 g/mol. The molecule has 70 valence electrons. The molecule has 0 radical (unpaired) electrons. The third kappa shape index (κ3) is 1.80. The molecule has 0 spiro atoms. The van der Waals surface area contributed by atoms with Crippen LogP contribution in [0.4, 0.5) is 0 Å².